The fourth-order valence-corrected chi connectivity index (χ4v) is 3.13. The first-order chi connectivity index (χ1) is 10.1. The summed E-state index contributed by atoms with van der Waals surface area (Å²) in [5.41, 5.74) is -2.89. The van der Waals surface area contributed by atoms with Crippen LogP contribution in [0.25, 0.3) is 0 Å². The Morgan fingerprint density at radius 1 is 1.59 bits per heavy atom. The Morgan fingerprint density at radius 3 is 2.77 bits per heavy atom. The molecule has 0 saturated carbocycles. The lowest BCUT2D eigenvalue weighted by molar-refractivity contribution is -0.268. The van der Waals surface area contributed by atoms with Crippen LogP contribution >= 0.6 is 11.3 Å². The van der Waals surface area contributed by atoms with Crippen LogP contribution in [0.3, 0.4) is 0 Å². The van der Waals surface area contributed by atoms with Crippen molar-refractivity contribution in [3.8, 4) is 0 Å². The van der Waals surface area contributed by atoms with Crippen LogP contribution in [0.4, 0.5) is 13.2 Å². The second-order valence-electron chi connectivity index (χ2n) is 5.35. The number of carbonyl (C=O) groups is 1. The second-order valence-corrected chi connectivity index (χ2v) is 6.21. The molecular formula is C13H17F3N2O3S. The van der Waals surface area contributed by atoms with Crippen molar-refractivity contribution in [2.45, 2.75) is 38.1 Å². The predicted molar refractivity (Wildman–Crippen MR) is 73.4 cm³/mol. The van der Waals surface area contributed by atoms with Crippen LogP contribution in [0.2, 0.25) is 0 Å². The van der Waals surface area contributed by atoms with Gasteiger partial charge in [0.05, 0.1) is 19.1 Å². The SMILES string of the molecule is Cc1csc([C@](O)(CC(=O)N2CCO[C@H](C)C2)C(F)(F)F)n1. The topological polar surface area (TPSA) is 62.7 Å². The number of aryl methyl sites for hydroxylation is 1. The molecule has 0 unspecified atom stereocenters. The van der Waals surface area contributed by atoms with Gasteiger partial charge in [0.15, 0.2) is 0 Å². The first kappa shape index (κ1) is 17.2. The van der Waals surface area contributed by atoms with Gasteiger partial charge in [0, 0.05) is 24.2 Å². The minimum atomic E-state index is -4.98. The zero-order chi connectivity index (χ0) is 16.5. The van der Waals surface area contributed by atoms with E-state index in [4.69, 9.17) is 4.74 Å². The zero-order valence-electron chi connectivity index (χ0n) is 12.2. The molecule has 1 aliphatic rings. The Hall–Kier alpha value is -1.19. The fraction of sp³-hybridized carbons (Fsp3) is 0.692. The number of nitrogens with zero attached hydrogens (tertiary/aromatic N) is 2. The van der Waals surface area contributed by atoms with Crippen molar-refractivity contribution >= 4 is 17.2 Å². The fourth-order valence-electron chi connectivity index (χ4n) is 2.22. The summed E-state index contributed by atoms with van der Waals surface area (Å²) >= 11 is 0.696. The number of alkyl halides is 3. The van der Waals surface area contributed by atoms with Crippen molar-refractivity contribution < 1.29 is 27.8 Å². The Balaban J connectivity index is 2.22. The molecule has 9 heteroatoms. The van der Waals surface area contributed by atoms with E-state index in [0.717, 1.165) is 0 Å². The highest BCUT2D eigenvalue weighted by Gasteiger charge is 2.58. The molecule has 0 radical (unpaired) electrons. The van der Waals surface area contributed by atoms with Crippen molar-refractivity contribution in [2.24, 2.45) is 0 Å². The highest BCUT2D eigenvalue weighted by Crippen LogP contribution is 2.43. The largest absolute Gasteiger partial charge is 0.424 e. The summed E-state index contributed by atoms with van der Waals surface area (Å²) < 4.78 is 45.2. The van der Waals surface area contributed by atoms with E-state index in [2.05, 4.69) is 4.98 Å². The lowest BCUT2D eigenvalue weighted by atomic mass is 9.98. The number of hydrogen-bond acceptors (Lipinski definition) is 5. The molecule has 124 valence electrons. The maximum atomic E-state index is 13.3. The lowest BCUT2D eigenvalue weighted by Gasteiger charge is -2.34. The number of thiazole rings is 1. The van der Waals surface area contributed by atoms with E-state index >= 15 is 0 Å². The number of aliphatic hydroxyl groups is 1. The Bertz CT molecular complexity index is 549. The van der Waals surface area contributed by atoms with E-state index in [1.54, 1.807) is 6.92 Å². The van der Waals surface area contributed by atoms with Gasteiger partial charge in [-0.3, -0.25) is 4.79 Å². The number of hydrogen-bond donors (Lipinski definition) is 1. The quantitative estimate of drug-likeness (QED) is 0.913. The van der Waals surface area contributed by atoms with Crippen molar-refractivity contribution in [1.29, 1.82) is 0 Å². The Morgan fingerprint density at radius 2 is 2.27 bits per heavy atom. The number of morpholine rings is 1. The number of carbonyl (C=O) groups excluding carboxylic acids is 1. The molecule has 0 bridgehead atoms. The van der Waals surface area contributed by atoms with Gasteiger partial charge >= 0.3 is 6.18 Å². The molecule has 0 aliphatic carbocycles. The van der Waals surface area contributed by atoms with Crippen molar-refractivity contribution in [2.75, 3.05) is 19.7 Å². The standard InChI is InChI=1S/C13H17F3N2O3S/c1-8-7-22-11(17-8)12(20,13(14,15)16)5-10(19)18-3-4-21-9(2)6-18/h7,9,20H,3-6H2,1-2H3/t9-,12-/m1/s1. The minimum absolute atomic E-state index is 0.212. The van der Waals surface area contributed by atoms with Crippen molar-refractivity contribution in [3.05, 3.63) is 16.1 Å². The molecule has 0 spiro atoms. The van der Waals surface area contributed by atoms with Crippen molar-refractivity contribution in [1.82, 2.24) is 9.88 Å². The molecule has 1 N–H and O–H groups in total. The van der Waals surface area contributed by atoms with Gasteiger partial charge in [-0.2, -0.15) is 13.2 Å². The number of ether oxygens (including phenoxy) is 1. The van der Waals surface area contributed by atoms with E-state index in [9.17, 15) is 23.1 Å². The van der Waals surface area contributed by atoms with E-state index in [1.165, 1.54) is 17.2 Å². The van der Waals surface area contributed by atoms with E-state index in [1.807, 2.05) is 0 Å². The monoisotopic (exact) mass is 338 g/mol. The first-order valence-electron chi connectivity index (χ1n) is 6.74. The van der Waals surface area contributed by atoms with Gasteiger partial charge in [-0.25, -0.2) is 4.98 Å². The number of amides is 1. The second kappa shape index (κ2) is 6.13. The average molecular weight is 338 g/mol. The number of rotatable bonds is 3. The molecule has 5 nitrogen and oxygen atoms in total. The van der Waals surface area contributed by atoms with E-state index < -0.39 is 29.1 Å². The lowest BCUT2D eigenvalue weighted by Crippen LogP contribution is -2.50. The van der Waals surface area contributed by atoms with E-state index in [0.29, 0.717) is 17.0 Å². The minimum Gasteiger partial charge on any atom is -0.375 e. The third-order valence-electron chi connectivity index (χ3n) is 3.44. The molecule has 22 heavy (non-hydrogen) atoms. The number of aromatic nitrogens is 1. The van der Waals surface area contributed by atoms with Crippen LogP contribution in [0.15, 0.2) is 5.38 Å². The molecule has 1 amide bonds. The third kappa shape index (κ3) is 3.41. The normalized spacial score (nSPS) is 22.5. The zero-order valence-corrected chi connectivity index (χ0v) is 13.0. The van der Waals surface area contributed by atoms with Crippen LogP contribution in [0.1, 0.15) is 24.0 Å². The molecule has 1 fully saturated rings. The van der Waals surface area contributed by atoms with Crippen LogP contribution in [0, 0.1) is 6.92 Å². The van der Waals surface area contributed by atoms with Gasteiger partial charge < -0.3 is 14.7 Å². The summed E-state index contributed by atoms with van der Waals surface area (Å²) in [6.07, 6.45) is -6.29. The van der Waals surface area contributed by atoms with Gasteiger partial charge in [-0.05, 0) is 13.8 Å². The smallest absolute Gasteiger partial charge is 0.375 e. The Kier molecular flexibility index (Phi) is 4.78. The van der Waals surface area contributed by atoms with Gasteiger partial charge in [0.2, 0.25) is 11.5 Å². The predicted octanol–water partition coefficient (Wildman–Crippen LogP) is 1.84. The van der Waals surface area contributed by atoms with Crippen LogP contribution in [-0.2, 0) is 15.1 Å². The molecule has 1 aliphatic heterocycles. The molecule has 1 aromatic rings. The molecule has 1 aromatic heterocycles. The van der Waals surface area contributed by atoms with Gasteiger partial charge in [-0.15, -0.1) is 11.3 Å². The summed E-state index contributed by atoms with van der Waals surface area (Å²) in [6, 6.07) is 0. The maximum absolute atomic E-state index is 13.3. The van der Waals surface area contributed by atoms with Crippen LogP contribution in [0.5, 0.6) is 0 Å². The molecule has 0 aromatic carbocycles. The van der Waals surface area contributed by atoms with Gasteiger partial charge in [0.25, 0.3) is 0 Å². The maximum Gasteiger partial charge on any atom is 0.424 e. The van der Waals surface area contributed by atoms with Gasteiger partial charge in [-0.1, -0.05) is 0 Å². The molecular weight excluding hydrogens is 321 g/mol. The molecule has 2 heterocycles. The van der Waals surface area contributed by atoms with Crippen LogP contribution in [-0.4, -0.2) is 52.9 Å². The molecule has 2 rings (SSSR count). The summed E-state index contributed by atoms with van der Waals surface area (Å²) in [5, 5.41) is 11.0. The Labute approximate surface area is 129 Å². The highest BCUT2D eigenvalue weighted by atomic mass is 32.1. The summed E-state index contributed by atoms with van der Waals surface area (Å²) in [6.45, 7) is 3.97. The number of halogens is 3. The van der Waals surface area contributed by atoms with Crippen LogP contribution < -0.4 is 0 Å². The van der Waals surface area contributed by atoms with Crippen molar-refractivity contribution in [3.63, 3.8) is 0 Å². The average Bonchev–Trinajstić information content (AvgIpc) is 2.84. The summed E-state index contributed by atoms with van der Waals surface area (Å²) in [4.78, 5) is 17.2. The molecule has 2 atom stereocenters. The van der Waals surface area contributed by atoms with E-state index in [-0.39, 0.29) is 25.8 Å². The highest BCUT2D eigenvalue weighted by molar-refractivity contribution is 7.09. The summed E-state index contributed by atoms with van der Waals surface area (Å²) in [5.74, 6) is -0.761. The first-order valence-corrected chi connectivity index (χ1v) is 7.62. The third-order valence-corrected chi connectivity index (χ3v) is 4.55. The molecule has 1 saturated heterocycles. The summed E-state index contributed by atoms with van der Waals surface area (Å²) in [7, 11) is 0. The van der Waals surface area contributed by atoms with Gasteiger partial charge in [0.1, 0.15) is 5.01 Å².